The fraction of sp³-hybridized carbons (Fsp3) is 0.455. The quantitative estimate of drug-likeness (QED) is 0.750. The number of hydrogen-bond acceptors (Lipinski definition) is 2. The predicted molar refractivity (Wildman–Crippen MR) is 60.0 cm³/mol. The fourth-order valence-corrected chi connectivity index (χ4v) is 1.62. The van der Waals surface area contributed by atoms with Gasteiger partial charge >= 0.3 is 0 Å². The highest BCUT2D eigenvalue weighted by molar-refractivity contribution is 7.98. The van der Waals surface area contributed by atoms with E-state index >= 15 is 0 Å². The van der Waals surface area contributed by atoms with Gasteiger partial charge in [-0.3, -0.25) is 0 Å². The summed E-state index contributed by atoms with van der Waals surface area (Å²) in [6.07, 6.45) is 2.08. The molecule has 72 valence electrons. The van der Waals surface area contributed by atoms with E-state index in [1.165, 1.54) is 10.5 Å². The van der Waals surface area contributed by atoms with Crippen LogP contribution >= 0.6 is 11.8 Å². The number of benzene rings is 1. The number of rotatable bonds is 3. The van der Waals surface area contributed by atoms with Crippen LogP contribution in [0.25, 0.3) is 0 Å². The monoisotopic (exact) mass is 195 g/mol. The van der Waals surface area contributed by atoms with Crippen molar-refractivity contribution in [2.75, 3.05) is 6.26 Å². The Morgan fingerprint density at radius 1 is 1.15 bits per heavy atom. The first-order valence-electron chi connectivity index (χ1n) is 4.54. The van der Waals surface area contributed by atoms with Gasteiger partial charge in [0.2, 0.25) is 0 Å². The standard InChI is InChI=1S/C11H17NS/c1-8(2)11(12)9-4-6-10(13-3)7-5-9/h4-8,11H,12H2,1-3H3/t11-/m0/s1. The van der Waals surface area contributed by atoms with Gasteiger partial charge in [0.1, 0.15) is 0 Å². The molecule has 13 heavy (non-hydrogen) atoms. The van der Waals surface area contributed by atoms with Crippen molar-refractivity contribution >= 4 is 11.8 Å². The van der Waals surface area contributed by atoms with Crippen molar-refractivity contribution in [3.05, 3.63) is 29.8 Å². The van der Waals surface area contributed by atoms with E-state index in [0.29, 0.717) is 5.92 Å². The molecule has 0 amide bonds. The molecule has 1 nitrogen and oxygen atoms in total. The van der Waals surface area contributed by atoms with Gasteiger partial charge < -0.3 is 5.73 Å². The van der Waals surface area contributed by atoms with Crippen molar-refractivity contribution < 1.29 is 0 Å². The van der Waals surface area contributed by atoms with Gasteiger partial charge in [-0.05, 0) is 29.9 Å². The maximum Gasteiger partial charge on any atom is 0.0318 e. The average molecular weight is 195 g/mol. The zero-order valence-electron chi connectivity index (χ0n) is 8.45. The third kappa shape index (κ3) is 2.75. The Labute approximate surface area is 84.7 Å². The Morgan fingerprint density at radius 3 is 2.08 bits per heavy atom. The van der Waals surface area contributed by atoms with Crippen LogP contribution in [0.3, 0.4) is 0 Å². The second-order valence-electron chi connectivity index (χ2n) is 3.54. The number of thioether (sulfide) groups is 1. The first-order chi connectivity index (χ1) is 6.15. The molecule has 1 atom stereocenters. The highest BCUT2D eigenvalue weighted by atomic mass is 32.2. The fourth-order valence-electron chi connectivity index (χ4n) is 1.21. The lowest BCUT2D eigenvalue weighted by atomic mass is 9.97. The molecule has 2 heteroatoms. The molecular formula is C11H17NS. The molecule has 2 N–H and O–H groups in total. The molecule has 0 aliphatic rings. The van der Waals surface area contributed by atoms with E-state index in [2.05, 4.69) is 44.4 Å². The van der Waals surface area contributed by atoms with Gasteiger partial charge in [-0.2, -0.15) is 0 Å². The van der Waals surface area contributed by atoms with E-state index in [0.717, 1.165) is 0 Å². The summed E-state index contributed by atoms with van der Waals surface area (Å²) in [5.41, 5.74) is 7.25. The second kappa shape index (κ2) is 4.68. The Balaban J connectivity index is 2.79. The van der Waals surface area contributed by atoms with Crippen LogP contribution in [-0.4, -0.2) is 6.26 Å². The van der Waals surface area contributed by atoms with E-state index < -0.39 is 0 Å². The van der Waals surface area contributed by atoms with Crippen LogP contribution in [-0.2, 0) is 0 Å². The van der Waals surface area contributed by atoms with Gasteiger partial charge in [-0.1, -0.05) is 26.0 Å². The molecule has 0 aliphatic carbocycles. The summed E-state index contributed by atoms with van der Waals surface area (Å²) in [5, 5.41) is 0. The van der Waals surface area contributed by atoms with Crippen molar-refractivity contribution in [3.8, 4) is 0 Å². The third-order valence-corrected chi connectivity index (χ3v) is 2.96. The zero-order chi connectivity index (χ0) is 9.84. The molecular weight excluding hydrogens is 178 g/mol. The lowest BCUT2D eigenvalue weighted by Gasteiger charge is -2.15. The van der Waals surface area contributed by atoms with Crippen molar-refractivity contribution in [1.29, 1.82) is 0 Å². The minimum Gasteiger partial charge on any atom is -0.324 e. The lowest BCUT2D eigenvalue weighted by molar-refractivity contribution is 0.514. The molecule has 0 heterocycles. The van der Waals surface area contributed by atoms with Crippen molar-refractivity contribution in [2.45, 2.75) is 24.8 Å². The predicted octanol–water partition coefficient (Wildman–Crippen LogP) is 3.06. The summed E-state index contributed by atoms with van der Waals surface area (Å²) in [6.45, 7) is 4.29. The highest BCUT2D eigenvalue weighted by Crippen LogP contribution is 2.21. The maximum atomic E-state index is 6.02. The maximum absolute atomic E-state index is 6.02. The highest BCUT2D eigenvalue weighted by Gasteiger charge is 2.09. The smallest absolute Gasteiger partial charge is 0.0318 e. The van der Waals surface area contributed by atoms with Crippen LogP contribution in [0.2, 0.25) is 0 Å². The van der Waals surface area contributed by atoms with Crippen molar-refractivity contribution in [3.63, 3.8) is 0 Å². The second-order valence-corrected chi connectivity index (χ2v) is 4.42. The summed E-state index contributed by atoms with van der Waals surface area (Å²) < 4.78 is 0. The summed E-state index contributed by atoms with van der Waals surface area (Å²) in [4.78, 5) is 1.29. The van der Waals surface area contributed by atoms with Gasteiger partial charge in [-0.15, -0.1) is 11.8 Å². The SMILES string of the molecule is CSc1ccc([C@@H](N)C(C)C)cc1. The van der Waals surface area contributed by atoms with E-state index in [1.54, 1.807) is 11.8 Å². The van der Waals surface area contributed by atoms with Crippen LogP contribution in [0.5, 0.6) is 0 Å². The molecule has 1 aromatic carbocycles. The normalized spacial score (nSPS) is 13.3. The van der Waals surface area contributed by atoms with E-state index in [4.69, 9.17) is 5.73 Å². The number of hydrogen-bond donors (Lipinski definition) is 1. The largest absolute Gasteiger partial charge is 0.324 e. The molecule has 0 saturated carbocycles. The van der Waals surface area contributed by atoms with Gasteiger partial charge in [-0.25, -0.2) is 0 Å². The first-order valence-corrected chi connectivity index (χ1v) is 5.77. The molecule has 0 fully saturated rings. The van der Waals surface area contributed by atoms with Gasteiger partial charge in [0.05, 0.1) is 0 Å². The van der Waals surface area contributed by atoms with Gasteiger partial charge in [0.25, 0.3) is 0 Å². The molecule has 1 aromatic rings. The summed E-state index contributed by atoms with van der Waals surface area (Å²) in [5.74, 6) is 0.500. The van der Waals surface area contributed by atoms with Crippen LogP contribution < -0.4 is 5.73 Å². The van der Waals surface area contributed by atoms with Crippen molar-refractivity contribution in [1.82, 2.24) is 0 Å². The minimum absolute atomic E-state index is 0.163. The van der Waals surface area contributed by atoms with Gasteiger partial charge in [0, 0.05) is 10.9 Å². The lowest BCUT2D eigenvalue weighted by Crippen LogP contribution is -2.16. The van der Waals surface area contributed by atoms with Crippen LogP contribution in [0.1, 0.15) is 25.5 Å². The molecule has 0 radical (unpaired) electrons. The summed E-state index contributed by atoms with van der Waals surface area (Å²) >= 11 is 1.76. The number of nitrogens with two attached hydrogens (primary N) is 1. The zero-order valence-corrected chi connectivity index (χ0v) is 9.27. The Morgan fingerprint density at radius 2 is 1.69 bits per heavy atom. The first kappa shape index (κ1) is 10.6. The Hall–Kier alpha value is -0.470. The van der Waals surface area contributed by atoms with E-state index in [9.17, 15) is 0 Å². The third-order valence-electron chi connectivity index (χ3n) is 2.22. The topological polar surface area (TPSA) is 26.0 Å². The van der Waals surface area contributed by atoms with Crippen LogP contribution in [0, 0.1) is 5.92 Å². The Bertz CT molecular complexity index is 253. The summed E-state index contributed by atoms with van der Waals surface area (Å²) in [6, 6.07) is 8.66. The van der Waals surface area contributed by atoms with Crippen LogP contribution in [0.15, 0.2) is 29.2 Å². The van der Waals surface area contributed by atoms with Gasteiger partial charge in [0.15, 0.2) is 0 Å². The molecule has 0 spiro atoms. The molecule has 0 bridgehead atoms. The van der Waals surface area contributed by atoms with E-state index in [-0.39, 0.29) is 6.04 Å². The Kier molecular flexibility index (Phi) is 3.82. The summed E-state index contributed by atoms with van der Waals surface area (Å²) in [7, 11) is 0. The van der Waals surface area contributed by atoms with E-state index in [1.807, 2.05) is 0 Å². The molecule has 0 saturated heterocycles. The molecule has 0 unspecified atom stereocenters. The van der Waals surface area contributed by atoms with Crippen LogP contribution in [0.4, 0.5) is 0 Å². The minimum atomic E-state index is 0.163. The molecule has 1 rings (SSSR count). The average Bonchev–Trinajstić information content (AvgIpc) is 2.17. The van der Waals surface area contributed by atoms with Crippen molar-refractivity contribution in [2.24, 2.45) is 11.7 Å². The molecule has 0 aromatic heterocycles. The molecule has 0 aliphatic heterocycles.